The van der Waals surface area contributed by atoms with E-state index in [1.807, 2.05) is 0 Å². The summed E-state index contributed by atoms with van der Waals surface area (Å²) in [5.74, 6) is 0.592. The number of benzene rings is 2. The first-order chi connectivity index (χ1) is 12.8. The van der Waals surface area contributed by atoms with Crippen molar-refractivity contribution in [2.24, 2.45) is 5.92 Å². The number of rotatable bonds is 9. The maximum Gasteiger partial charge on any atom is 0.407 e. The Hall–Kier alpha value is -1.68. The Kier molecular flexibility index (Phi) is 7.24. The fraction of sp³-hybridized carbons (Fsp3) is 0.391. The van der Waals surface area contributed by atoms with E-state index >= 15 is 0 Å². The number of allylic oxidation sites excluding steroid dienone is 2. The van der Waals surface area contributed by atoms with Crippen LogP contribution in [-0.4, -0.2) is 21.8 Å². The summed E-state index contributed by atoms with van der Waals surface area (Å²) in [5.41, 5.74) is 0. The van der Waals surface area contributed by atoms with Crippen LogP contribution in [0.3, 0.4) is 0 Å². The lowest BCUT2D eigenvalue weighted by Crippen LogP contribution is -2.64. The highest BCUT2D eigenvalue weighted by atomic mass is 28.4. The third-order valence-electron chi connectivity index (χ3n) is 5.01. The van der Waals surface area contributed by atoms with Crippen molar-refractivity contribution < 1.29 is 8.85 Å². The van der Waals surface area contributed by atoms with Crippen molar-refractivity contribution in [3.63, 3.8) is 0 Å². The molecular formula is C23H30O2Si. The van der Waals surface area contributed by atoms with E-state index in [2.05, 4.69) is 79.7 Å². The zero-order valence-corrected chi connectivity index (χ0v) is 16.8. The fourth-order valence-corrected chi connectivity index (χ4v) is 6.71. The standard InChI is InChI=1S/C23H30O2Si/c1-2-3-19-24-26(22-15-9-5-10-16-22,23-17-11-6-12-18-23)25-20-21-13-7-4-8-14-21/h4-7,9-12,15-18,21H,2-3,8,13-14,19-20H2,1H3. The second kappa shape index (κ2) is 9.86. The van der Waals surface area contributed by atoms with Crippen LogP contribution in [0.25, 0.3) is 0 Å². The Bertz CT molecular complexity index is 630. The van der Waals surface area contributed by atoms with E-state index in [0.29, 0.717) is 5.92 Å². The van der Waals surface area contributed by atoms with Crippen molar-refractivity contribution in [2.75, 3.05) is 13.2 Å². The molecule has 0 fully saturated rings. The lowest BCUT2D eigenvalue weighted by atomic mass is 9.96. The molecule has 1 aliphatic carbocycles. The van der Waals surface area contributed by atoms with Crippen molar-refractivity contribution in [3.8, 4) is 0 Å². The van der Waals surface area contributed by atoms with Crippen LogP contribution in [0.4, 0.5) is 0 Å². The van der Waals surface area contributed by atoms with Gasteiger partial charge in [-0.3, -0.25) is 0 Å². The molecule has 2 aromatic rings. The smallest absolute Gasteiger partial charge is 0.388 e. The first kappa shape index (κ1) is 19.1. The molecule has 1 aliphatic rings. The van der Waals surface area contributed by atoms with Crippen molar-refractivity contribution in [2.45, 2.75) is 39.0 Å². The van der Waals surface area contributed by atoms with Gasteiger partial charge in [0.05, 0.1) is 0 Å². The van der Waals surface area contributed by atoms with E-state index in [1.165, 1.54) is 16.8 Å². The first-order valence-corrected chi connectivity index (χ1v) is 11.7. The Morgan fingerprint density at radius 3 is 2.08 bits per heavy atom. The van der Waals surface area contributed by atoms with Crippen LogP contribution in [-0.2, 0) is 8.85 Å². The minimum atomic E-state index is -2.69. The van der Waals surface area contributed by atoms with Gasteiger partial charge in [0.1, 0.15) is 0 Å². The van der Waals surface area contributed by atoms with E-state index < -0.39 is 8.56 Å². The van der Waals surface area contributed by atoms with E-state index in [-0.39, 0.29) is 0 Å². The highest BCUT2D eigenvalue weighted by molar-refractivity contribution is 6.92. The molecular weight excluding hydrogens is 336 g/mol. The Morgan fingerprint density at radius 2 is 1.54 bits per heavy atom. The maximum absolute atomic E-state index is 6.77. The van der Waals surface area contributed by atoms with E-state index in [0.717, 1.165) is 38.9 Å². The van der Waals surface area contributed by atoms with Gasteiger partial charge >= 0.3 is 8.56 Å². The molecule has 26 heavy (non-hydrogen) atoms. The molecule has 1 unspecified atom stereocenters. The molecule has 3 heteroatoms. The molecule has 2 nitrogen and oxygen atoms in total. The van der Waals surface area contributed by atoms with E-state index in [1.54, 1.807) is 0 Å². The van der Waals surface area contributed by atoms with Gasteiger partial charge in [-0.05, 0) is 42.0 Å². The van der Waals surface area contributed by atoms with Gasteiger partial charge in [-0.1, -0.05) is 86.2 Å². The van der Waals surface area contributed by atoms with Crippen LogP contribution in [0.5, 0.6) is 0 Å². The maximum atomic E-state index is 6.77. The van der Waals surface area contributed by atoms with Crippen LogP contribution in [0.1, 0.15) is 39.0 Å². The van der Waals surface area contributed by atoms with Crippen LogP contribution in [0.15, 0.2) is 72.8 Å². The summed E-state index contributed by atoms with van der Waals surface area (Å²) in [6.07, 6.45) is 10.3. The van der Waals surface area contributed by atoms with E-state index in [4.69, 9.17) is 8.85 Å². The summed E-state index contributed by atoms with van der Waals surface area (Å²) in [5, 5.41) is 2.40. The fourth-order valence-electron chi connectivity index (χ4n) is 3.46. The zero-order valence-electron chi connectivity index (χ0n) is 15.8. The molecule has 0 saturated carbocycles. The second-order valence-electron chi connectivity index (χ2n) is 7.01. The van der Waals surface area contributed by atoms with Gasteiger partial charge in [-0.15, -0.1) is 0 Å². The van der Waals surface area contributed by atoms with Crippen molar-refractivity contribution in [1.29, 1.82) is 0 Å². The largest absolute Gasteiger partial charge is 0.407 e. The number of hydrogen-bond donors (Lipinski definition) is 0. The molecule has 0 aliphatic heterocycles. The predicted molar refractivity (Wildman–Crippen MR) is 111 cm³/mol. The molecule has 0 radical (unpaired) electrons. The number of hydrogen-bond acceptors (Lipinski definition) is 2. The van der Waals surface area contributed by atoms with Gasteiger partial charge in [0.2, 0.25) is 0 Å². The molecule has 2 aromatic carbocycles. The van der Waals surface area contributed by atoms with Gasteiger partial charge in [0, 0.05) is 13.2 Å². The molecule has 0 amide bonds. The monoisotopic (exact) mass is 366 g/mol. The summed E-state index contributed by atoms with van der Waals surface area (Å²) in [6.45, 7) is 3.72. The highest BCUT2D eigenvalue weighted by Crippen LogP contribution is 2.21. The van der Waals surface area contributed by atoms with Crippen LogP contribution in [0.2, 0.25) is 0 Å². The Morgan fingerprint density at radius 1 is 0.885 bits per heavy atom. The lowest BCUT2D eigenvalue weighted by molar-refractivity contribution is 0.159. The molecule has 0 saturated heterocycles. The number of unbranched alkanes of at least 4 members (excludes halogenated alkanes) is 1. The molecule has 0 heterocycles. The molecule has 0 bridgehead atoms. The molecule has 138 valence electrons. The lowest BCUT2D eigenvalue weighted by Gasteiger charge is -2.33. The van der Waals surface area contributed by atoms with Crippen molar-refractivity contribution in [3.05, 3.63) is 72.8 Å². The highest BCUT2D eigenvalue weighted by Gasteiger charge is 2.43. The normalized spacial score (nSPS) is 17.3. The van der Waals surface area contributed by atoms with Crippen molar-refractivity contribution >= 4 is 18.9 Å². The first-order valence-electron chi connectivity index (χ1n) is 9.89. The van der Waals surface area contributed by atoms with Crippen LogP contribution < -0.4 is 10.4 Å². The van der Waals surface area contributed by atoms with Gasteiger partial charge in [0.15, 0.2) is 0 Å². The van der Waals surface area contributed by atoms with Crippen molar-refractivity contribution in [1.82, 2.24) is 0 Å². The molecule has 0 aromatic heterocycles. The van der Waals surface area contributed by atoms with Gasteiger partial charge in [0.25, 0.3) is 0 Å². The topological polar surface area (TPSA) is 18.5 Å². The van der Waals surface area contributed by atoms with Crippen LogP contribution in [0, 0.1) is 5.92 Å². The Labute approximate surface area is 159 Å². The van der Waals surface area contributed by atoms with Gasteiger partial charge in [-0.25, -0.2) is 0 Å². The second-order valence-corrected chi connectivity index (χ2v) is 9.98. The third-order valence-corrected chi connectivity index (χ3v) is 8.38. The molecule has 0 N–H and O–H groups in total. The average Bonchev–Trinajstić information content (AvgIpc) is 2.73. The SMILES string of the molecule is CCCCO[Si](OCC1CC=CCC1)(c1ccccc1)c1ccccc1. The summed E-state index contributed by atoms with van der Waals surface area (Å²) in [7, 11) is -2.69. The average molecular weight is 367 g/mol. The minimum absolute atomic E-state index is 0.592. The predicted octanol–water partition coefficient (Wildman–Crippen LogP) is 4.43. The van der Waals surface area contributed by atoms with E-state index in [9.17, 15) is 0 Å². The van der Waals surface area contributed by atoms with Gasteiger partial charge in [-0.2, -0.15) is 0 Å². The summed E-state index contributed by atoms with van der Waals surface area (Å²) in [4.78, 5) is 0. The molecule has 1 atom stereocenters. The Balaban J connectivity index is 1.92. The van der Waals surface area contributed by atoms with Gasteiger partial charge < -0.3 is 8.85 Å². The summed E-state index contributed by atoms with van der Waals surface area (Å²) >= 11 is 0. The summed E-state index contributed by atoms with van der Waals surface area (Å²) < 4.78 is 13.4. The minimum Gasteiger partial charge on any atom is -0.388 e. The summed E-state index contributed by atoms with van der Waals surface area (Å²) in [6, 6.07) is 21.2. The van der Waals surface area contributed by atoms with Crippen LogP contribution >= 0.6 is 0 Å². The zero-order chi connectivity index (χ0) is 18.1. The molecule has 0 spiro atoms. The third kappa shape index (κ3) is 4.73. The molecule has 3 rings (SSSR count). The quantitative estimate of drug-likeness (QED) is 0.371.